The molecule has 2 bridgehead atoms. The molecule has 1 atom stereocenters. The van der Waals surface area contributed by atoms with Gasteiger partial charge in [-0.25, -0.2) is 4.39 Å². The number of amides is 2. The summed E-state index contributed by atoms with van der Waals surface area (Å²) in [5, 5.41) is 4.71. The first kappa shape index (κ1) is 27.9. The van der Waals surface area contributed by atoms with E-state index < -0.39 is 5.82 Å². The van der Waals surface area contributed by atoms with Crippen molar-refractivity contribution in [2.45, 2.75) is 96.3 Å². The summed E-state index contributed by atoms with van der Waals surface area (Å²) in [6.45, 7) is 9.42. The molecule has 4 aliphatic rings. The number of halogens is 1. The molecule has 3 aromatic rings. The molecule has 218 valence electrons. The predicted molar refractivity (Wildman–Crippen MR) is 159 cm³/mol. The highest BCUT2D eigenvalue weighted by atomic mass is 19.1. The number of carbonyl (C=O) groups excluding carboxylic acids is 2. The van der Waals surface area contributed by atoms with Crippen LogP contribution in [0.1, 0.15) is 88.1 Å². The fourth-order valence-corrected chi connectivity index (χ4v) is 7.61. The zero-order valence-corrected chi connectivity index (χ0v) is 24.6. The Morgan fingerprint density at radius 3 is 2.34 bits per heavy atom. The van der Waals surface area contributed by atoms with Crippen LogP contribution in [0.15, 0.2) is 42.9 Å². The maximum Gasteiger partial charge on any atom is 0.256 e. The van der Waals surface area contributed by atoms with Crippen molar-refractivity contribution in [3.05, 3.63) is 59.8 Å². The van der Waals surface area contributed by atoms with Crippen LogP contribution in [0.2, 0.25) is 0 Å². The second-order valence-electron chi connectivity index (χ2n) is 12.8. The largest absolute Gasteiger partial charge is 0.341 e. The Labute approximate surface area is 242 Å². The Morgan fingerprint density at radius 2 is 1.71 bits per heavy atom. The van der Waals surface area contributed by atoms with E-state index in [1.807, 2.05) is 44.5 Å². The number of benzene rings is 1. The SMILES string of the molecule is CC(C)N(C(=O)c1cc(F)ccc1-n1cc(C2CCN(C(=O)C3NC4CCC3CC4)CC2)c2ccncc21)C(C)C. The van der Waals surface area contributed by atoms with E-state index in [2.05, 4.69) is 21.4 Å². The molecular weight excluding hydrogens is 517 g/mol. The van der Waals surface area contributed by atoms with Gasteiger partial charge in [0.1, 0.15) is 5.82 Å². The van der Waals surface area contributed by atoms with E-state index in [0.717, 1.165) is 49.7 Å². The van der Waals surface area contributed by atoms with Gasteiger partial charge in [0.05, 0.1) is 29.0 Å². The van der Waals surface area contributed by atoms with E-state index in [1.165, 1.54) is 30.5 Å². The van der Waals surface area contributed by atoms with E-state index in [4.69, 9.17) is 0 Å². The van der Waals surface area contributed by atoms with Crippen LogP contribution in [0.3, 0.4) is 0 Å². The minimum Gasteiger partial charge on any atom is -0.341 e. The molecule has 0 spiro atoms. The Balaban J connectivity index is 1.29. The van der Waals surface area contributed by atoms with Crippen LogP contribution in [-0.4, -0.2) is 68.4 Å². The average molecular weight is 560 g/mol. The number of likely N-dealkylation sites (tertiary alicyclic amines) is 1. The molecule has 7 nitrogen and oxygen atoms in total. The van der Waals surface area contributed by atoms with Gasteiger partial charge < -0.3 is 19.7 Å². The molecule has 3 saturated heterocycles. The van der Waals surface area contributed by atoms with Crippen molar-refractivity contribution in [1.82, 2.24) is 24.7 Å². The van der Waals surface area contributed by atoms with Gasteiger partial charge in [-0.2, -0.15) is 0 Å². The van der Waals surface area contributed by atoms with Crippen LogP contribution in [0, 0.1) is 11.7 Å². The molecule has 7 rings (SSSR count). The summed E-state index contributed by atoms with van der Waals surface area (Å²) in [5.41, 5.74) is 3.08. The van der Waals surface area contributed by atoms with Crippen molar-refractivity contribution >= 4 is 22.7 Å². The normalized spacial score (nSPS) is 23.1. The zero-order chi connectivity index (χ0) is 28.8. The first-order chi connectivity index (χ1) is 19.7. The summed E-state index contributed by atoms with van der Waals surface area (Å²) in [5.74, 6) is 0.415. The van der Waals surface area contributed by atoms with Gasteiger partial charge in [-0.1, -0.05) is 0 Å². The van der Waals surface area contributed by atoms with Crippen molar-refractivity contribution in [1.29, 1.82) is 0 Å². The summed E-state index contributed by atoms with van der Waals surface area (Å²) in [7, 11) is 0. The molecule has 41 heavy (non-hydrogen) atoms. The number of aromatic nitrogens is 2. The van der Waals surface area contributed by atoms with Gasteiger partial charge in [0.2, 0.25) is 5.91 Å². The number of hydrogen-bond acceptors (Lipinski definition) is 4. The first-order valence-corrected chi connectivity index (χ1v) is 15.3. The predicted octanol–water partition coefficient (Wildman–Crippen LogP) is 5.66. The van der Waals surface area contributed by atoms with Gasteiger partial charge in [0.15, 0.2) is 0 Å². The molecule has 0 radical (unpaired) electrons. The van der Waals surface area contributed by atoms with Crippen LogP contribution in [-0.2, 0) is 4.79 Å². The first-order valence-electron chi connectivity index (χ1n) is 15.3. The van der Waals surface area contributed by atoms with Crippen LogP contribution in [0.4, 0.5) is 4.39 Å². The Kier molecular flexibility index (Phi) is 7.62. The molecule has 1 N–H and O–H groups in total. The fraction of sp³-hybridized carbons (Fsp3) is 0.545. The Bertz CT molecular complexity index is 1420. The molecular formula is C33H42FN5O2. The van der Waals surface area contributed by atoms with Crippen molar-refractivity contribution < 1.29 is 14.0 Å². The van der Waals surface area contributed by atoms with Crippen LogP contribution in [0.5, 0.6) is 0 Å². The number of nitrogens with zero attached hydrogens (tertiary/aromatic N) is 4. The Morgan fingerprint density at radius 1 is 1.00 bits per heavy atom. The molecule has 8 heteroatoms. The summed E-state index contributed by atoms with van der Waals surface area (Å²) < 4.78 is 16.6. The minimum atomic E-state index is -0.433. The fourth-order valence-electron chi connectivity index (χ4n) is 7.61. The zero-order valence-electron chi connectivity index (χ0n) is 24.6. The Hall–Kier alpha value is -3.26. The van der Waals surface area contributed by atoms with Crippen molar-refractivity contribution in [2.24, 2.45) is 5.92 Å². The topological polar surface area (TPSA) is 70.5 Å². The van der Waals surface area contributed by atoms with Gasteiger partial charge in [0, 0.05) is 49.0 Å². The second kappa shape index (κ2) is 11.2. The summed E-state index contributed by atoms with van der Waals surface area (Å²) >= 11 is 0. The second-order valence-corrected chi connectivity index (χ2v) is 12.8. The molecule has 1 unspecified atom stereocenters. The molecule has 4 fully saturated rings. The molecule has 1 aromatic carbocycles. The number of carbonyl (C=O) groups is 2. The summed E-state index contributed by atoms with van der Waals surface area (Å²) in [6.07, 6.45) is 12.2. The van der Waals surface area contributed by atoms with Gasteiger partial charge in [-0.15, -0.1) is 0 Å². The van der Waals surface area contributed by atoms with E-state index in [1.54, 1.807) is 17.2 Å². The van der Waals surface area contributed by atoms with Gasteiger partial charge >= 0.3 is 0 Å². The van der Waals surface area contributed by atoms with E-state index in [-0.39, 0.29) is 35.9 Å². The van der Waals surface area contributed by atoms with Gasteiger partial charge in [-0.3, -0.25) is 14.6 Å². The number of pyridine rings is 1. The monoisotopic (exact) mass is 559 g/mol. The summed E-state index contributed by atoms with van der Waals surface area (Å²) in [6, 6.07) is 6.94. The molecule has 1 aliphatic carbocycles. The third kappa shape index (κ3) is 5.16. The third-order valence-electron chi connectivity index (χ3n) is 9.61. The van der Waals surface area contributed by atoms with Crippen LogP contribution < -0.4 is 5.32 Å². The van der Waals surface area contributed by atoms with Crippen LogP contribution >= 0.6 is 0 Å². The maximum absolute atomic E-state index is 14.6. The lowest BCUT2D eigenvalue weighted by molar-refractivity contribution is -0.138. The van der Waals surface area contributed by atoms with Gasteiger partial charge in [-0.05, 0) is 108 Å². The number of hydrogen-bond donors (Lipinski definition) is 1. The van der Waals surface area contributed by atoms with Crippen molar-refractivity contribution in [3.63, 3.8) is 0 Å². The highest BCUT2D eigenvalue weighted by Crippen LogP contribution is 2.38. The molecule has 2 aromatic heterocycles. The number of nitrogens with one attached hydrogen (secondary N) is 1. The van der Waals surface area contributed by atoms with E-state index >= 15 is 0 Å². The van der Waals surface area contributed by atoms with Gasteiger partial charge in [0.25, 0.3) is 5.91 Å². The summed E-state index contributed by atoms with van der Waals surface area (Å²) in [4.78, 5) is 35.5. The lowest BCUT2D eigenvalue weighted by atomic mass is 9.75. The number of rotatable bonds is 6. The van der Waals surface area contributed by atoms with E-state index in [0.29, 0.717) is 23.2 Å². The molecule has 2 amide bonds. The van der Waals surface area contributed by atoms with E-state index in [9.17, 15) is 14.0 Å². The highest BCUT2D eigenvalue weighted by molar-refractivity contribution is 5.99. The molecule has 3 aliphatic heterocycles. The lowest BCUT2D eigenvalue weighted by Gasteiger charge is -2.45. The quantitative estimate of drug-likeness (QED) is 0.423. The van der Waals surface area contributed by atoms with Crippen molar-refractivity contribution in [3.8, 4) is 5.69 Å². The van der Waals surface area contributed by atoms with Crippen molar-refractivity contribution in [2.75, 3.05) is 13.1 Å². The number of piperidine rings is 3. The lowest BCUT2D eigenvalue weighted by Crippen LogP contribution is -2.60. The molecule has 5 heterocycles. The average Bonchev–Trinajstić information content (AvgIpc) is 3.36. The smallest absolute Gasteiger partial charge is 0.256 e. The highest BCUT2D eigenvalue weighted by Gasteiger charge is 2.41. The third-order valence-corrected chi connectivity index (χ3v) is 9.61. The number of fused-ring (bicyclic) bond motifs is 4. The van der Waals surface area contributed by atoms with Crippen LogP contribution in [0.25, 0.3) is 16.6 Å². The molecule has 1 saturated carbocycles. The standard InChI is InChI=1S/C33H42FN5O2/c1-20(2)39(21(3)4)32(40)27-17-24(34)7-10-29(27)38-19-28(26-11-14-35-18-30(26)38)22-12-15-37(16-13-22)33(41)31-23-5-8-25(36-31)9-6-23/h7,10-11,14,17-23,25,31,36H,5-6,8-9,12-13,15-16H2,1-4H3. The maximum atomic E-state index is 14.6. The minimum absolute atomic E-state index is 0.0160.